The fourth-order valence-electron chi connectivity index (χ4n) is 3.01. The number of hydrogen-bond acceptors (Lipinski definition) is 9. The quantitative estimate of drug-likeness (QED) is 0.302. The van der Waals surface area contributed by atoms with Gasteiger partial charge in [0.05, 0.1) is 47.3 Å². The third kappa shape index (κ3) is 8.95. The number of thioether (sulfide) groups is 1. The van der Waals surface area contributed by atoms with E-state index >= 15 is 0 Å². The number of sulfonamides is 1. The summed E-state index contributed by atoms with van der Waals surface area (Å²) in [6, 6.07) is 18.7. The molecule has 2 aromatic heterocycles. The fraction of sp³-hybridized carbons (Fsp3) is 0.208. The van der Waals surface area contributed by atoms with Crippen molar-refractivity contribution in [3.8, 4) is 0 Å². The zero-order valence-corrected chi connectivity index (χ0v) is 22.8. The van der Waals surface area contributed by atoms with E-state index in [2.05, 4.69) is 20.0 Å². The molecule has 0 unspecified atom stereocenters. The van der Waals surface area contributed by atoms with Crippen molar-refractivity contribution in [3.05, 3.63) is 72.9 Å². The molecule has 0 atom stereocenters. The van der Waals surface area contributed by atoms with E-state index in [1.807, 2.05) is 24.3 Å². The summed E-state index contributed by atoms with van der Waals surface area (Å²) >= 11 is 2.91. The number of rotatable bonds is 7. The summed E-state index contributed by atoms with van der Waals surface area (Å²) in [7, 11) is -3.75. The van der Waals surface area contributed by atoms with Gasteiger partial charge in [-0.3, -0.25) is 9.52 Å². The van der Waals surface area contributed by atoms with E-state index in [4.69, 9.17) is 9.47 Å². The largest absolute Gasteiger partial charge is 0.377 e. The molecular weight excluding hydrogens is 556 g/mol. The number of anilines is 2. The van der Waals surface area contributed by atoms with Crippen molar-refractivity contribution in [2.45, 2.75) is 9.24 Å². The van der Waals surface area contributed by atoms with Crippen LogP contribution in [0.5, 0.6) is 0 Å². The SMILES string of the molecule is C1COCCO1.Cl.O=C(CSc1nc2ccccc2s1)Nc1ccc(S(=O)(=O)Nc2ccccn2)cc1. The maximum absolute atomic E-state index is 12.4. The molecule has 1 amide bonds. The normalized spacial score (nSPS) is 13.1. The van der Waals surface area contributed by atoms with Crippen LogP contribution in [-0.2, 0) is 24.3 Å². The first-order chi connectivity index (χ1) is 17.5. The predicted molar refractivity (Wildman–Crippen MR) is 149 cm³/mol. The minimum absolute atomic E-state index is 0. The Labute approximate surface area is 229 Å². The zero-order chi connectivity index (χ0) is 25.2. The van der Waals surface area contributed by atoms with Crippen LogP contribution in [0.15, 0.2) is 82.2 Å². The minimum atomic E-state index is -3.75. The first-order valence-electron chi connectivity index (χ1n) is 11.0. The molecule has 5 rings (SSSR count). The second kappa shape index (κ2) is 14.3. The number of carbonyl (C=O) groups excluding carboxylic acids is 1. The molecule has 13 heteroatoms. The highest BCUT2D eigenvalue weighted by Crippen LogP contribution is 2.29. The monoisotopic (exact) mass is 580 g/mol. The Morgan fingerprint density at radius 3 is 2.24 bits per heavy atom. The molecule has 1 saturated heterocycles. The molecule has 3 heterocycles. The lowest BCUT2D eigenvalue weighted by molar-refractivity contribution is -0.113. The summed E-state index contributed by atoms with van der Waals surface area (Å²) in [6.07, 6.45) is 1.50. The average molecular weight is 581 g/mol. The molecule has 1 fully saturated rings. The van der Waals surface area contributed by atoms with E-state index in [0.717, 1.165) is 41.0 Å². The van der Waals surface area contributed by atoms with Gasteiger partial charge in [-0.15, -0.1) is 23.7 Å². The summed E-state index contributed by atoms with van der Waals surface area (Å²) in [5.41, 5.74) is 1.43. The Hall–Kier alpha value is -2.74. The van der Waals surface area contributed by atoms with Gasteiger partial charge in [-0.25, -0.2) is 18.4 Å². The van der Waals surface area contributed by atoms with Gasteiger partial charge >= 0.3 is 0 Å². The summed E-state index contributed by atoms with van der Waals surface area (Å²) in [5, 5.41) is 2.76. The number of thiazole rings is 1. The molecule has 0 bridgehead atoms. The zero-order valence-electron chi connectivity index (χ0n) is 19.5. The third-order valence-corrected chi connectivity index (χ3v) is 8.25. The smallest absolute Gasteiger partial charge is 0.263 e. The van der Waals surface area contributed by atoms with Crippen molar-refractivity contribution in [1.29, 1.82) is 0 Å². The van der Waals surface area contributed by atoms with Crippen molar-refractivity contribution in [1.82, 2.24) is 9.97 Å². The van der Waals surface area contributed by atoms with Crippen LogP contribution in [0.1, 0.15) is 0 Å². The van der Waals surface area contributed by atoms with Crippen LogP contribution in [0, 0.1) is 0 Å². The van der Waals surface area contributed by atoms with Crippen LogP contribution in [0.4, 0.5) is 11.5 Å². The Morgan fingerprint density at radius 2 is 1.62 bits per heavy atom. The summed E-state index contributed by atoms with van der Waals surface area (Å²) in [6.45, 7) is 3.11. The Morgan fingerprint density at radius 1 is 0.946 bits per heavy atom. The van der Waals surface area contributed by atoms with Crippen molar-refractivity contribution in [3.63, 3.8) is 0 Å². The number of nitrogens with one attached hydrogen (secondary N) is 2. The number of ether oxygens (including phenoxy) is 2. The number of fused-ring (bicyclic) bond motifs is 1. The van der Waals surface area contributed by atoms with E-state index in [1.54, 1.807) is 41.7 Å². The molecule has 1 aliphatic heterocycles. The molecule has 0 spiro atoms. The molecule has 1 aliphatic rings. The highest BCUT2D eigenvalue weighted by Gasteiger charge is 2.15. The molecule has 0 radical (unpaired) electrons. The van der Waals surface area contributed by atoms with Crippen LogP contribution >= 0.6 is 35.5 Å². The van der Waals surface area contributed by atoms with Gasteiger partial charge in [0, 0.05) is 11.9 Å². The summed E-state index contributed by atoms with van der Waals surface area (Å²) in [5.74, 6) is 0.254. The van der Waals surface area contributed by atoms with Gasteiger partial charge in [0.25, 0.3) is 10.0 Å². The Bertz CT molecular complexity index is 1340. The second-order valence-electron chi connectivity index (χ2n) is 7.35. The first kappa shape index (κ1) is 28.8. The molecule has 0 aliphatic carbocycles. The number of aromatic nitrogens is 2. The van der Waals surface area contributed by atoms with Gasteiger partial charge in [0.2, 0.25) is 5.91 Å². The summed E-state index contributed by atoms with van der Waals surface area (Å²) < 4.78 is 39.0. The van der Waals surface area contributed by atoms with Crippen molar-refractivity contribution in [2.24, 2.45) is 0 Å². The number of amides is 1. The Kier molecular flexibility index (Phi) is 11.1. The van der Waals surface area contributed by atoms with Crippen LogP contribution in [0.3, 0.4) is 0 Å². The standard InChI is InChI=1S/C20H16N4O3S3.C4H8O2.ClH/c25-19(13-28-20-23-16-5-1-2-6-17(16)29-20)22-14-8-10-15(11-9-14)30(26,27)24-18-7-3-4-12-21-18;1-2-6-4-3-5-1;/h1-12H,13H2,(H,21,24)(H,22,25);1-4H2;1H. The molecule has 0 saturated carbocycles. The van der Waals surface area contributed by atoms with Gasteiger partial charge in [0.1, 0.15) is 5.82 Å². The molecule has 2 N–H and O–H groups in total. The van der Waals surface area contributed by atoms with Crippen LogP contribution in [0.2, 0.25) is 0 Å². The van der Waals surface area contributed by atoms with Gasteiger partial charge in [0.15, 0.2) is 4.34 Å². The van der Waals surface area contributed by atoms with Gasteiger partial charge in [-0.05, 0) is 48.5 Å². The molecule has 196 valence electrons. The minimum Gasteiger partial charge on any atom is -0.377 e. The van der Waals surface area contributed by atoms with Crippen molar-refractivity contribution in [2.75, 3.05) is 42.2 Å². The maximum atomic E-state index is 12.4. The number of pyridine rings is 1. The van der Waals surface area contributed by atoms with E-state index in [-0.39, 0.29) is 34.8 Å². The topological polar surface area (TPSA) is 120 Å². The lowest BCUT2D eigenvalue weighted by Gasteiger charge is -2.09. The molecule has 37 heavy (non-hydrogen) atoms. The molecule has 2 aromatic carbocycles. The van der Waals surface area contributed by atoms with Gasteiger partial charge in [-0.2, -0.15) is 0 Å². The molecular formula is C24H25ClN4O5S3. The lowest BCUT2D eigenvalue weighted by Crippen LogP contribution is -2.16. The van der Waals surface area contributed by atoms with Crippen LogP contribution in [0.25, 0.3) is 10.2 Å². The predicted octanol–water partition coefficient (Wildman–Crippen LogP) is 4.68. The van der Waals surface area contributed by atoms with E-state index in [9.17, 15) is 13.2 Å². The van der Waals surface area contributed by atoms with E-state index < -0.39 is 10.0 Å². The third-order valence-electron chi connectivity index (χ3n) is 4.70. The van der Waals surface area contributed by atoms with Crippen LogP contribution < -0.4 is 10.0 Å². The number of nitrogens with zero attached hydrogens (tertiary/aromatic N) is 2. The van der Waals surface area contributed by atoms with E-state index in [0.29, 0.717) is 5.69 Å². The first-order valence-corrected chi connectivity index (χ1v) is 14.3. The molecule has 4 aromatic rings. The van der Waals surface area contributed by atoms with Crippen LogP contribution in [-0.4, -0.2) is 56.5 Å². The second-order valence-corrected chi connectivity index (χ2v) is 11.3. The lowest BCUT2D eigenvalue weighted by atomic mass is 10.3. The number of benzene rings is 2. The average Bonchev–Trinajstić information content (AvgIpc) is 3.33. The van der Waals surface area contributed by atoms with Gasteiger partial charge < -0.3 is 14.8 Å². The summed E-state index contributed by atoms with van der Waals surface area (Å²) in [4.78, 5) is 20.7. The number of hydrogen-bond donors (Lipinski definition) is 2. The van der Waals surface area contributed by atoms with Gasteiger partial charge in [-0.1, -0.05) is 30.0 Å². The highest BCUT2D eigenvalue weighted by atomic mass is 35.5. The number of carbonyl (C=O) groups is 1. The van der Waals surface area contributed by atoms with Crippen molar-refractivity contribution >= 4 is 73.2 Å². The maximum Gasteiger partial charge on any atom is 0.263 e. The highest BCUT2D eigenvalue weighted by molar-refractivity contribution is 8.01. The number of halogens is 1. The molecule has 9 nitrogen and oxygen atoms in total. The Balaban J connectivity index is 0.000000479. The van der Waals surface area contributed by atoms with Crippen molar-refractivity contribution < 1.29 is 22.7 Å². The van der Waals surface area contributed by atoms with E-state index in [1.165, 1.54) is 30.1 Å². The fourth-order valence-corrected chi connectivity index (χ4v) is 5.89. The number of para-hydroxylation sites is 1.